The molecule has 0 bridgehead atoms. The van der Waals surface area contributed by atoms with Crippen LogP contribution in [0.1, 0.15) is 32.6 Å². The molecule has 0 heterocycles. The fraction of sp³-hybridized carbons (Fsp3) is 0.235. The monoisotopic (exact) mass is 254 g/mol. The second kappa shape index (κ2) is 5.27. The fourth-order valence-electron chi connectivity index (χ4n) is 2.12. The Morgan fingerprint density at radius 2 is 1.47 bits per heavy atom. The van der Waals surface area contributed by atoms with Crippen LogP contribution in [0.25, 0.3) is 0 Å². The van der Waals surface area contributed by atoms with Gasteiger partial charge in [0.2, 0.25) is 0 Å². The van der Waals surface area contributed by atoms with Gasteiger partial charge >= 0.3 is 0 Å². The Labute approximate surface area is 114 Å². The summed E-state index contributed by atoms with van der Waals surface area (Å²) < 4.78 is 5.29. The van der Waals surface area contributed by atoms with E-state index in [1.54, 1.807) is 7.11 Å². The summed E-state index contributed by atoms with van der Waals surface area (Å²) in [4.78, 5) is 12.7. The molecule has 0 amide bonds. The average Bonchev–Trinajstić information content (AvgIpc) is 2.40. The summed E-state index contributed by atoms with van der Waals surface area (Å²) in [5.74, 6) is 0.637. The molecular formula is C17H18O2. The van der Waals surface area contributed by atoms with Crippen molar-refractivity contribution >= 4 is 5.78 Å². The van der Waals surface area contributed by atoms with E-state index in [1.807, 2.05) is 57.2 Å². The van der Waals surface area contributed by atoms with Gasteiger partial charge in [-0.15, -0.1) is 0 Å². The van der Waals surface area contributed by atoms with E-state index >= 15 is 0 Å². The predicted molar refractivity (Wildman–Crippen MR) is 77.1 cm³/mol. The maximum atomic E-state index is 12.7. The van der Waals surface area contributed by atoms with Gasteiger partial charge < -0.3 is 4.74 Å². The van der Waals surface area contributed by atoms with Crippen LogP contribution in [0.15, 0.2) is 36.4 Å². The van der Waals surface area contributed by atoms with Crippen molar-refractivity contribution in [3.05, 3.63) is 64.2 Å². The topological polar surface area (TPSA) is 26.3 Å². The van der Waals surface area contributed by atoms with Crippen LogP contribution in [0.4, 0.5) is 0 Å². The van der Waals surface area contributed by atoms with Gasteiger partial charge in [0.1, 0.15) is 5.75 Å². The van der Waals surface area contributed by atoms with Crippen LogP contribution in [-0.4, -0.2) is 12.9 Å². The Morgan fingerprint density at radius 3 is 2.11 bits per heavy atom. The van der Waals surface area contributed by atoms with E-state index in [4.69, 9.17) is 4.74 Å². The van der Waals surface area contributed by atoms with Gasteiger partial charge in [0.05, 0.1) is 12.7 Å². The molecule has 0 aliphatic heterocycles. The van der Waals surface area contributed by atoms with Crippen molar-refractivity contribution < 1.29 is 9.53 Å². The minimum absolute atomic E-state index is 0.0155. The smallest absolute Gasteiger partial charge is 0.197 e. The zero-order valence-corrected chi connectivity index (χ0v) is 11.8. The third kappa shape index (κ3) is 2.68. The quantitative estimate of drug-likeness (QED) is 0.778. The van der Waals surface area contributed by atoms with Gasteiger partial charge in [-0.2, -0.15) is 0 Å². The highest BCUT2D eigenvalue weighted by Crippen LogP contribution is 2.24. The molecule has 0 radical (unpaired) electrons. The summed E-state index contributed by atoms with van der Waals surface area (Å²) in [6.45, 7) is 5.91. The molecule has 0 aliphatic rings. The van der Waals surface area contributed by atoms with Crippen LogP contribution in [0.3, 0.4) is 0 Å². The lowest BCUT2D eigenvalue weighted by Crippen LogP contribution is -2.06. The standard InChI is InChI=1S/C17H18O2/c1-11-5-7-13(3)14(9-11)17(18)15-10-12(2)6-8-16(15)19-4/h5-10H,1-4H3. The lowest BCUT2D eigenvalue weighted by Gasteiger charge is -2.11. The van der Waals surface area contributed by atoms with Gasteiger partial charge in [-0.25, -0.2) is 0 Å². The molecule has 2 aromatic rings. The number of ketones is 1. The van der Waals surface area contributed by atoms with Crippen molar-refractivity contribution in [3.63, 3.8) is 0 Å². The Kier molecular flexibility index (Phi) is 3.70. The zero-order chi connectivity index (χ0) is 14.0. The van der Waals surface area contributed by atoms with E-state index in [0.29, 0.717) is 11.3 Å². The molecule has 0 saturated carbocycles. The molecular weight excluding hydrogens is 236 g/mol. The number of hydrogen-bond acceptors (Lipinski definition) is 2. The number of hydrogen-bond donors (Lipinski definition) is 0. The molecule has 0 spiro atoms. The van der Waals surface area contributed by atoms with E-state index in [0.717, 1.165) is 22.3 Å². The average molecular weight is 254 g/mol. The summed E-state index contributed by atoms with van der Waals surface area (Å²) in [5, 5.41) is 0. The first-order valence-electron chi connectivity index (χ1n) is 6.29. The number of benzene rings is 2. The van der Waals surface area contributed by atoms with Gasteiger partial charge in [-0.1, -0.05) is 29.3 Å². The highest BCUT2D eigenvalue weighted by molar-refractivity contribution is 6.11. The van der Waals surface area contributed by atoms with Crippen LogP contribution in [0, 0.1) is 20.8 Å². The molecule has 0 N–H and O–H groups in total. The Morgan fingerprint density at radius 1 is 0.895 bits per heavy atom. The molecule has 0 fully saturated rings. The summed E-state index contributed by atoms with van der Waals surface area (Å²) in [6, 6.07) is 11.6. The fourth-order valence-corrected chi connectivity index (χ4v) is 2.12. The van der Waals surface area contributed by atoms with Crippen LogP contribution < -0.4 is 4.74 Å². The summed E-state index contributed by atoms with van der Waals surface area (Å²) in [7, 11) is 1.59. The number of carbonyl (C=O) groups is 1. The maximum absolute atomic E-state index is 12.7. The molecule has 0 saturated heterocycles. The van der Waals surface area contributed by atoms with Gasteiger partial charge in [0, 0.05) is 5.56 Å². The second-order valence-electron chi connectivity index (χ2n) is 4.85. The summed E-state index contributed by atoms with van der Waals surface area (Å²) in [5.41, 5.74) is 4.48. The van der Waals surface area contributed by atoms with Crippen LogP contribution in [0.2, 0.25) is 0 Å². The summed E-state index contributed by atoms with van der Waals surface area (Å²) in [6.07, 6.45) is 0. The van der Waals surface area contributed by atoms with E-state index < -0.39 is 0 Å². The number of ether oxygens (including phenoxy) is 1. The largest absolute Gasteiger partial charge is 0.496 e. The molecule has 2 nitrogen and oxygen atoms in total. The first-order valence-corrected chi connectivity index (χ1v) is 6.29. The number of methoxy groups -OCH3 is 1. The van der Waals surface area contributed by atoms with Gasteiger partial charge in [0.25, 0.3) is 0 Å². The Bertz CT molecular complexity index is 627. The lowest BCUT2D eigenvalue weighted by molar-refractivity contribution is 0.103. The Balaban J connectivity index is 2.55. The Hall–Kier alpha value is -2.09. The molecule has 2 rings (SSSR count). The minimum atomic E-state index is 0.0155. The van der Waals surface area contributed by atoms with Gasteiger partial charge in [0.15, 0.2) is 5.78 Å². The van der Waals surface area contributed by atoms with E-state index in [1.165, 1.54) is 0 Å². The predicted octanol–water partition coefficient (Wildman–Crippen LogP) is 3.85. The molecule has 0 unspecified atom stereocenters. The van der Waals surface area contributed by atoms with E-state index in [2.05, 4.69) is 0 Å². The molecule has 0 atom stereocenters. The van der Waals surface area contributed by atoms with Crippen LogP contribution in [0.5, 0.6) is 5.75 Å². The first kappa shape index (κ1) is 13.3. The number of aryl methyl sites for hydroxylation is 3. The third-order valence-electron chi connectivity index (χ3n) is 3.24. The zero-order valence-electron chi connectivity index (χ0n) is 11.8. The number of carbonyl (C=O) groups excluding carboxylic acids is 1. The van der Waals surface area contributed by atoms with Crippen LogP contribution >= 0.6 is 0 Å². The van der Waals surface area contributed by atoms with E-state index in [-0.39, 0.29) is 5.78 Å². The highest BCUT2D eigenvalue weighted by Gasteiger charge is 2.16. The van der Waals surface area contributed by atoms with Gasteiger partial charge in [-0.3, -0.25) is 4.79 Å². The second-order valence-corrected chi connectivity index (χ2v) is 4.85. The van der Waals surface area contributed by atoms with E-state index in [9.17, 15) is 4.79 Å². The molecule has 2 heteroatoms. The highest BCUT2D eigenvalue weighted by atomic mass is 16.5. The van der Waals surface area contributed by atoms with Crippen molar-refractivity contribution in [2.24, 2.45) is 0 Å². The third-order valence-corrected chi connectivity index (χ3v) is 3.24. The van der Waals surface area contributed by atoms with Crippen molar-refractivity contribution in [1.29, 1.82) is 0 Å². The van der Waals surface area contributed by atoms with Crippen molar-refractivity contribution in [1.82, 2.24) is 0 Å². The molecule has 19 heavy (non-hydrogen) atoms. The van der Waals surface area contributed by atoms with Crippen molar-refractivity contribution in [2.45, 2.75) is 20.8 Å². The lowest BCUT2D eigenvalue weighted by atomic mass is 9.96. The number of rotatable bonds is 3. The normalized spacial score (nSPS) is 10.3. The van der Waals surface area contributed by atoms with Crippen LogP contribution in [-0.2, 0) is 0 Å². The maximum Gasteiger partial charge on any atom is 0.197 e. The minimum Gasteiger partial charge on any atom is -0.496 e. The molecule has 98 valence electrons. The first-order chi connectivity index (χ1) is 9.02. The van der Waals surface area contributed by atoms with Crippen molar-refractivity contribution in [3.8, 4) is 5.75 Å². The molecule has 0 aliphatic carbocycles. The van der Waals surface area contributed by atoms with Gasteiger partial charge in [-0.05, 0) is 44.5 Å². The molecule has 2 aromatic carbocycles. The summed E-state index contributed by atoms with van der Waals surface area (Å²) >= 11 is 0. The van der Waals surface area contributed by atoms with Crippen molar-refractivity contribution in [2.75, 3.05) is 7.11 Å². The molecule has 0 aromatic heterocycles. The SMILES string of the molecule is COc1ccc(C)cc1C(=O)c1cc(C)ccc1C.